The van der Waals surface area contributed by atoms with Gasteiger partial charge in [0, 0.05) is 24.7 Å². The van der Waals surface area contributed by atoms with Gasteiger partial charge in [0.15, 0.2) is 0 Å². The lowest BCUT2D eigenvalue weighted by molar-refractivity contribution is -0.114. The van der Waals surface area contributed by atoms with Crippen LogP contribution < -0.4 is 5.32 Å². The van der Waals surface area contributed by atoms with Crippen molar-refractivity contribution in [3.8, 4) is 0 Å². The Balaban J connectivity index is 1.83. The van der Waals surface area contributed by atoms with Crippen LogP contribution in [-0.4, -0.2) is 23.3 Å². The molecule has 2 aromatic carbocycles. The lowest BCUT2D eigenvalue weighted by Gasteiger charge is -2.25. The van der Waals surface area contributed by atoms with Crippen molar-refractivity contribution in [3.63, 3.8) is 0 Å². The van der Waals surface area contributed by atoms with Crippen LogP contribution in [0.1, 0.15) is 41.7 Å². The average molecular weight is 326 g/mol. The summed E-state index contributed by atoms with van der Waals surface area (Å²) in [6, 6.07) is 13.2. The van der Waals surface area contributed by atoms with Crippen molar-refractivity contribution in [2.75, 3.05) is 11.9 Å². The highest BCUT2D eigenvalue weighted by Gasteiger charge is 2.30. The van der Waals surface area contributed by atoms with Crippen LogP contribution in [0.15, 0.2) is 48.5 Å². The second-order valence-electron chi connectivity index (χ2n) is 5.97. The summed E-state index contributed by atoms with van der Waals surface area (Å²) in [5.41, 5.74) is 2.08. The van der Waals surface area contributed by atoms with Gasteiger partial charge in [0.05, 0.1) is 6.04 Å². The highest BCUT2D eigenvalue weighted by Crippen LogP contribution is 2.33. The van der Waals surface area contributed by atoms with E-state index >= 15 is 0 Å². The Labute approximate surface area is 140 Å². The molecule has 1 fully saturated rings. The number of benzene rings is 2. The molecular weight excluding hydrogens is 307 g/mol. The molecule has 1 N–H and O–H groups in total. The predicted molar refractivity (Wildman–Crippen MR) is 90.2 cm³/mol. The molecule has 0 unspecified atom stereocenters. The Bertz CT molecular complexity index is 758. The molecule has 0 saturated carbocycles. The van der Waals surface area contributed by atoms with E-state index in [0.29, 0.717) is 17.8 Å². The summed E-state index contributed by atoms with van der Waals surface area (Å²) in [6.07, 6.45) is 1.78. The molecule has 1 saturated heterocycles. The van der Waals surface area contributed by atoms with E-state index in [2.05, 4.69) is 5.32 Å². The number of carbonyl (C=O) groups excluding carboxylic acids is 2. The van der Waals surface area contributed by atoms with Gasteiger partial charge in [0.2, 0.25) is 5.91 Å². The molecule has 4 nitrogen and oxygen atoms in total. The van der Waals surface area contributed by atoms with E-state index in [1.807, 2.05) is 4.90 Å². The Morgan fingerprint density at radius 2 is 1.92 bits per heavy atom. The first-order chi connectivity index (χ1) is 11.5. The van der Waals surface area contributed by atoms with E-state index in [9.17, 15) is 14.0 Å². The van der Waals surface area contributed by atoms with Crippen molar-refractivity contribution in [1.82, 2.24) is 4.90 Å². The topological polar surface area (TPSA) is 49.4 Å². The fraction of sp³-hybridized carbons (Fsp3) is 0.263. The van der Waals surface area contributed by atoms with Gasteiger partial charge in [0.1, 0.15) is 5.82 Å². The number of nitrogens with zero attached hydrogens (tertiary/aromatic N) is 1. The maximum Gasteiger partial charge on any atom is 0.254 e. The van der Waals surface area contributed by atoms with E-state index in [1.54, 1.807) is 36.4 Å². The largest absolute Gasteiger partial charge is 0.332 e. The van der Waals surface area contributed by atoms with Gasteiger partial charge in [-0.25, -0.2) is 4.39 Å². The van der Waals surface area contributed by atoms with E-state index in [1.165, 1.54) is 19.1 Å². The summed E-state index contributed by atoms with van der Waals surface area (Å²) >= 11 is 0. The Hall–Kier alpha value is -2.69. The van der Waals surface area contributed by atoms with Crippen LogP contribution in [-0.2, 0) is 4.79 Å². The summed E-state index contributed by atoms with van der Waals surface area (Å²) in [6.45, 7) is 2.10. The molecular formula is C19H19FN2O2. The Kier molecular flexibility index (Phi) is 4.60. The second kappa shape index (κ2) is 6.83. The first-order valence-electron chi connectivity index (χ1n) is 7.98. The molecule has 1 aliphatic heterocycles. The Morgan fingerprint density at radius 3 is 2.62 bits per heavy atom. The number of rotatable bonds is 3. The lowest BCUT2D eigenvalue weighted by Crippen LogP contribution is -2.30. The fourth-order valence-electron chi connectivity index (χ4n) is 3.14. The van der Waals surface area contributed by atoms with Gasteiger partial charge in [-0.3, -0.25) is 9.59 Å². The zero-order chi connectivity index (χ0) is 17.1. The molecule has 0 bridgehead atoms. The van der Waals surface area contributed by atoms with Gasteiger partial charge in [-0.1, -0.05) is 18.2 Å². The second-order valence-corrected chi connectivity index (χ2v) is 5.97. The normalized spacial score (nSPS) is 16.9. The number of anilines is 1. The van der Waals surface area contributed by atoms with Gasteiger partial charge >= 0.3 is 0 Å². The molecule has 1 aliphatic rings. The number of hydrogen-bond acceptors (Lipinski definition) is 2. The van der Waals surface area contributed by atoms with Crippen LogP contribution in [0.25, 0.3) is 0 Å². The molecule has 2 amide bonds. The summed E-state index contributed by atoms with van der Waals surface area (Å²) in [4.78, 5) is 25.9. The number of likely N-dealkylation sites (tertiary alicyclic amines) is 1. The smallest absolute Gasteiger partial charge is 0.254 e. The van der Waals surface area contributed by atoms with E-state index < -0.39 is 0 Å². The molecule has 1 atom stereocenters. The summed E-state index contributed by atoms with van der Waals surface area (Å²) in [5, 5.41) is 2.69. The van der Waals surface area contributed by atoms with Gasteiger partial charge in [-0.05, 0) is 48.7 Å². The zero-order valence-electron chi connectivity index (χ0n) is 13.5. The lowest BCUT2D eigenvalue weighted by atomic mass is 10.0. The van der Waals surface area contributed by atoms with Crippen LogP contribution in [0.4, 0.5) is 10.1 Å². The van der Waals surface area contributed by atoms with Crippen molar-refractivity contribution in [2.24, 2.45) is 0 Å². The van der Waals surface area contributed by atoms with E-state index in [0.717, 1.165) is 18.4 Å². The Morgan fingerprint density at radius 1 is 1.17 bits per heavy atom. The number of carbonyl (C=O) groups is 2. The third-order valence-electron chi connectivity index (χ3n) is 4.20. The van der Waals surface area contributed by atoms with Crippen molar-refractivity contribution in [1.29, 1.82) is 0 Å². The number of nitrogens with one attached hydrogen (secondary N) is 1. The van der Waals surface area contributed by atoms with Crippen LogP contribution in [0.3, 0.4) is 0 Å². The number of halogens is 1. The SMILES string of the molecule is CC(=O)Nc1cccc(C(=O)N2CCC[C@@H]2c2ccc(F)cc2)c1. The number of hydrogen-bond donors (Lipinski definition) is 1. The first-order valence-corrected chi connectivity index (χ1v) is 7.98. The predicted octanol–water partition coefficient (Wildman–Crippen LogP) is 3.76. The summed E-state index contributed by atoms with van der Waals surface area (Å²) < 4.78 is 13.1. The van der Waals surface area contributed by atoms with Crippen LogP contribution in [0.5, 0.6) is 0 Å². The molecule has 24 heavy (non-hydrogen) atoms. The minimum atomic E-state index is -0.280. The maximum atomic E-state index is 13.1. The molecule has 0 aromatic heterocycles. The van der Waals surface area contributed by atoms with Crippen molar-refractivity contribution >= 4 is 17.5 Å². The molecule has 1 heterocycles. The van der Waals surface area contributed by atoms with E-state index in [4.69, 9.17) is 0 Å². The monoisotopic (exact) mass is 326 g/mol. The van der Waals surface area contributed by atoms with Crippen LogP contribution in [0, 0.1) is 5.82 Å². The van der Waals surface area contributed by atoms with E-state index in [-0.39, 0.29) is 23.7 Å². The third kappa shape index (κ3) is 3.45. The summed E-state index contributed by atoms with van der Waals surface area (Å²) in [7, 11) is 0. The highest BCUT2D eigenvalue weighted by atomic mass is 19.1. The standard InChI is InChI=1S/C19H19FN2O2/c1-13(23)21-17-5-2-4-15(12-17)19(24)22-11-3-6-18(22)14-7-9-16(20)10-8-14/h2,4-5,7-10,12,18H,3,6,11H2,1H3,(H,21,23)/t18-/m1/s1. The quantitative estimate of drug-likeness (QED) is 0.933. The van der Waals surface area contributed by atoms with Gasteiger partial charge in [-0.2, -0.15) is 0 Å². The minimum Gasteiger partial charge on any atom is -0.332 e. The minimum absolute atomic E-state index is 0.0393. The molecule has 124 valence electrons. The zero-order valence-corrected chi connectivity index (χ0v) is 13.5. The highest BCUT2D eigenvalue weighted by molar-refractivity contribution is 5.97. The molecule has 2 aromatic rings. The molecule has 0 radical (unpaired) electrons. The van der Waals surface area contributed by atoms with Crippen molar-refractivity contribution < 1.29 is 14.0 Å². The van der Waals surface area contributed by atoms with Crippen LogP contribution in [0.2, 0.25) is 0 Å². The van der Waals surface area contributed by atoms with Gasteiger partial charge < -0.3 is 10.2 Å². The van der Waals surface area contributed by atoms with Crippen molar-refractivity contribution in [2.45, 2.75) is 25.8 Å². The molecule has 0 spiro atoms. The van der Waals surface area contributed by atoms with Gasteiger partial charge in [-0.15, -0.1) is 0 Å². The van der Waals surface area contributed by atoms with Crippen molar-refractivity contribution in [3.05, 3.63) is 65.5 Å². The van der Waals surface area contributed by atoms with Crippen LogP contribution >= 0.6 is 0 Å². The van der Waals surface area contributed by atoms with Gasteiger partial charge in [0.25, 0.3) is 5.91 Å². The fourth-order valence-corrected chi connectivity index (χ4v) is 3.14. The average Bonchev–Trinajstić information content (AvgIpc) is 3.04. The molecule has 5 heteroatoms. The molecule has 0 aliphatic carbocycles. The number of amides is 2. The summed E-state index contributed by atoms with van der Waals surface area (Å²) in [5.74, 6) is -0.531. The molecule has 3 rings (SSSR count). The maximum absolute atomic E-state index is 13.1. The third-order valence-corrected chi connectivity index (χ3v) is 4.20. The first kappa shape index (κ1) is 16.2.